The van der Waals surface area contributed by atoms with E-state index in [1.54, 1.807) is 10.4 Å². The third-order valence-electron chi connectivity index (χ3n) is 2.06. The minimum Gasteiger partial charge on any atom is -0.0708 e. The molecule has 0 bridgehead atoms. The lowest BCUT2D eigenvalue weighted by Gasteiger charge is -2.08. The second-order valence-corrected chi connectivity index (χ2v) is 7.61. The Bertz CT molecular complexity index is 231. The van der Waals surface area contributed by atoms with Gasteiger partial charge in [0.25, 0.3) is 0 Å². The average Bonchev–Trinajstić information content (AvgIpc) is 2.04. The molecule has 0 radical (unpaired) electrons. The molecule has 2 heteroatoms. The summed E-state index contributed by atoms with van der Waals surface area (Å²) < 4.78 is 0. The van der Waals surface area contributed by atoms with Gasteiger partial charge in [-0.15, -0.1) is 0 Å². The van der Waals surface area contributed by atoms with E-state index in [-0.39, 0.29) is 9.52 Å². The van der Waals surface area contributed by atoms with Crippen LogP contribution in [0.2, 0.25) is 19.6 Å². The maximum Gasteiger partial charge on any atom is 0.0645 e. The first-order chi connectivity index (χ1) is 5.25. The summed E-state index contributed by atoms with van der Waals surface area (Å²) in [6.45, 7) is 7.18. The summed E-state index contributed by atoms with van der Waals surface area (Å²) in [4.78, 5) is 0. The minimum atomic E-state index is -0.551. The Morgan fingerprint density at radius 3 is 2.27 bits per heavy atom. The third-order valence-corrected chi connectivity index (χ3v) is 5.68. The Hall–Kier alpha value is -0.346. The second kappa shape index (κ2) is 3.88. The first-order valence-electron chi connectivity index (χ1n) is 4.33. The Morgan fingerprint density at radius 2 is 1.82 bits per heavy atom. The maximum absolute atomic E-state index is 2.41. The average molecular weight is 180 g/mol. The quantitative estimate of drug-likeness (QED) is 0.571. The zero-order chi connectivity index (χ0) is 8.27. The van der Waals surface area contributed by atoms with E-state index in [0.717, 1.165) is 0 Å². The highest BCUT2D eigenvalue weighted by molar-refractivity contribution is 6.76. The summed E-state index contributed by atoms with van der Waals surface area (Å²) in [5.41, 5.74) is 0. The van der Waals surface area contributed by atoms with Crippen molar-refractivity contribution in [1.82, 2.24) is 0 Å². The third kappa shape index (κ3) is 2.04. The molecule has 0 aliphatic rings. The molecule has 11 heavy (non-hydrogen) atoms. The molecule has 0 aliphatic carbocycles. The predicted octanol–water partition coefficient (Wildman–Crippen LogP) is 0.222. The van der Waals surface area contributed by atoms with Crippen molar-refractivity contribution in [2.75, 3.05) is 0 Å². The normalized spacial score (nSPS) is 11.6. The fourth-order valence-corrected chi connectivity index (χ4v) is 5.49. The van der Waals surface area contributed by atoms with Crippen LogP contribution in [-0.4, -0.2) is 18.3 Å². The zero-order valence-electron chi connectivity index (χ0n) is 7.59. The van der Waals surface area contributed by atoms with Gasteiger partial charge >= 0.3 is 0 Å². The lowest BCUT2D eigenvalue weighted by atomic mass is 10.4. The van der Waals surface area contributed by atoms with Crippen LogP contribution < -0.4 is 10.4 Å². The van der Waals surface area contributed by atoms with Crippen LogP contribution >= 0.6 is 0 Å². The van der Waals surface area contributed by atoms with Gasteiger partial charge in [0.1, 0.15) is 0 Å². The molecule has 0 saturated heterocycles. The summed E-state index contributed by atoms with van der Waals surface area (Å²) in [6.07, 6.45) is 0. The van der Waals surface area contributed by atoms with E-state index in [1.807, 2.05) is 0 Å². The molecular formula is C9H16Si2. The fourth-order valence-electron chi connectivity index (χ4n) is 1.42. The summed E-state index contributed by atoms with van der Waals surface area (Å²) >= 11 is 0. The monoisotopic (exact) mass is 180 g/mol. The van der Waals surface area contributed by atoms with Crippen LogP contribution in [0.4, 0.5) is 0 Å². The molecule has 0 N–H and O–H groups in total. The molecule has 0 fully saturated rings. The second-order valence-electron chi connectivity index (χ2n) is 3.21. The molecule has 0 unspecified atom stereocenters. The van der Waals surface area contributed by atoms with Crippen LogP contribution in [0.25, 0.3) is 0 Å². The van der Waals surface area contributed by atoms with Crippen LogP contribution in [0.3, 0.4) is 0 Å². The molecule has 1 aromatic carbocycles. The van der Waals surface area contributed by atoms with E-state index in [1.165, 1.54) is 0 Å². The Balaban J connectivity index is 3.02. The van der Waals surface area contributed by atoms with Gasteiger partial charge in [-0.25, -0.2) is 0 Å². The Labute approximate surface area is 73.1 Å². The minimum absolute atomic E-state index is 0.0543. The highest BCUT2D eigenvalue weighted by Crippen LogP contribution is 1.85. The van der Waals surface area contributed by atoms with E-state index >= 15 is 0 Å². The zero-order valence-corrected chi connectivity index (χ0v) is 10.2. The first kappa shape index (κ1) is 8.75. The van der Waals surface area contributed by atoms with Crippen LogP contribution in [-0.2, 0) is 0 Å². The maximum atomic E-state index is 2.41. The van der Waals surface area contributed by atoms with Gasteiger partial charge in [0.2, 0.25) is 0 Å². The predicted molar refractivity (Wildman–Crippen MR) is 59.0 cm³/mol. The van der Waals surface area contributed by atoms with Crippen molar-refractivity contribution in [3.8, 4) is 0 Å². The van der Waals surface area contributed by atoms with Crippen molar-refractivity contribution < 1.29 is 0 Å². The van der Waals surface area contributed by atoms with Crippen LogP contribution in [0, 0.1) is 0 Å². The molecule has 0 amide bonds. The molecular weight excluding hydrogens is 164 g/mol. The molecule has 60 valence electrons. The fraction of sp³-hybridized carbons (Fsp3) is 0.333. The molecule has 0 heterocycles. The van der Waals surface area contributed by atoms with Gasteiger partial charge in [-0.3, -0.25) is 0 Å². The van der Waals surface area contributed by atoms with E-state index in [0.29, 0.717) is 0 Å². The van der Waals surface area contributed by atoms with Gasteiger partial charge in [0.15, 0.2) is 0 Å². The van der Waals surface area contributed by atoms with E-state index in [9.17, 15) is 0 Å². The topological polar surface area (TPSA) is 0 Å². The summed E-state index contributed by atoms with van der Waals surface area (Å²) in [5.74, 6) is 0. The van der Waals surface area contributed by atoms with E-state index < -0.39 is 8.80 Å². The van der Waals surface area contributed by atoms with Gasteiger partial charge in [-0.05, 0) is 0 Å². The van der Waals surface area contributed by atoms with Crippen molar-refractivity contribution in [2.24, 2.45) is 0 Å². The van der Waals surface area contributed by atoms with Gasteiger partial charge in [-0.2, -0.15) is 0 Å². The smallest absolute Gasteiger partial charge is 0.0645 e. The van der Waals surface area contributed by atoms with Gasteiger partial charge in [0, 0.05) is 0 Å². The van der Waals surface area contributed by atoms with Gasteiger partial charge < -0.3 is 0 Å². The highest BCUT2D eigenvalue weighted by atomic mass is 28.3. The summed E-state index contributed by atoms with van der Waals surface area (Å²) in [6, 6.07) is 8.99. The van der Waals surface area contributed by atoms with Crippen molar-refractivity contribution in [3.63, 3.8) is 0 Å². The van der Waals surface area contributed by atoms with Gasteiger partial charge in [-0.1, -0.05) is 54.3 Å². The van der Waals surface area contributed by atoms with E-state index in [2.05, 4.69) is 43.9 Å². The molecule has 0 aliphatic heterocycles. The number of benzene rings is 1. The van der Waals surface area contributed by atoms with Crippen LogP contribution in [0.15, 0.2) is 24.3 Å². The number of rotatable bonds is 2. The molecule has 0 saturated carbocycles. The molecule has 0 aromatic heterocycles. The van der Waals surface area contributed by atoms with Crippen LogP contribution in [0.1, 0.15) is 0 Å². The summed E-state index contributed by atoms with van der Waals surface area (Å²) in [7, 11) is -0.497. The molecule has 1 rings (SSSR count). The number of hydrogen-bond donors (Lipinski definition) is 0. The molecule has 0 nitrogen and oxygen atoms in total. The van der Waals surface area contributed by atoms with Crippen LogP contribution in [0.5, 0.6) is 0 Å². The summed E-state index contributed by atoms with van der Waals surface area (Å²) in [5, 5.41) is 3.39. The Morgan fingerprint density at radius 1 is 1.18 bits per heavy atom. The van der Waals surface area contributed by atoms with Crippen molar-refractivity contribution in [1.29, 1.82) is 0 Å². The first-order valence-corrected chi connectivity index (χ1v) is 9.34. The van der Waals surface area contributed by atoms with Crippen molar-refractivity contribution in [2.45, 2.75) is 19.6 Å². The Kier molecular flexibility index (Phi) is 3.08. The van der Waals surface area contributed by atoms with Gasteiger partial charge in [0.05, 0.1) is 18.3 Å². The van der Waals surface area contributed by atoms with E-state index in [4.69, 9.17) is 0 Å². The lowest BCUT2D eigenvalue weighted by Crippen LogP contribution is -2.39. The number of hydrogen-bond acceptors (Lipinski definition) is 0. The van der Waals surface area contributed by atoms with Crippen molar-refractivity contribution >= 4 is 28.7 Å². The molecule has 1 aromatic rings. The highest BCUT2D eigenvalue weighted by Gasteiger charge is 2.03. The molecule has 0 atom stereocenters. The van der Waals surface area contributed by atoms with Crippen molar-refractivity contribution in [3.05, 3.63) is 24.3 Å². The lowest BCUT2D eigenvalue weighted by molar-refractivity contribution is 1.78. The largest absolute Gasteiger partial charge is 0.0708 e. The standard InChI is InChI=1S/C9H16Si2/c1-10-8-6-4-5-7-9(8)11(2)3/h4-7,11H,10H2,1-3H3. The SMILES string of the molecule is C[SiH2]c1ccccc1[SiH](C)C. The molecule has 0 spiro atoms.